The maximum atomic E-state index is 13.2. The number of carbonyl (C=O) groups excluding carboxylic acids is 1. The Morgan fingerprint density at radius 3 is 2.67 bits per heavy atom. The molecule has 0 N–H and O–H groups in total. The molecule has 1 aliphatic heterocycles. The molecule has 2 aliphatic rings. The van der Waals surface area contributed by atoms with Gasteiger partial charge in [0.1, 0.15) is 11.4 Å². The molecule has 5 rings (SSSR count). The van der Waals surface area contributed by atoms with Crippen LogP contribution in [0.2, 0.25) is 0 Å². The van der Waals surface area contributed by atoms with E-state index in [0.717, 1.165) is 55.2 Å². The van der Waals surface area contributed by atoms with Crippen LogP contribution in [0, 0.1) is 5.92 Å². The minimum absolute atomic E-state index is 0.103. The van der Waals surface area contributed by atoms with Crippen molar-refractivity contribution in [3.8, 4) is 17.0 Å². The van der Waals surface area contributed by atoms with Gasteiger partial charge in [-0.25, -0.2) is 9.78 Å². The van der Waals surface area contributed by atoms with Crippen molar-refractivity contribution in [2.24, 2.45) is 5.92 Å². The van der Waals surface area contributed by atoms with Gasteiger partial charge in [-0.2, -0.15) is 5.10 Å². The van der Waals surface area contributed by atoms with Crippen LogP contribution in [0.4, 0.5) is 10.6 Å². The molecule has 2 fully saturated rings. The van der Waals surface area contributed by atoms with Crippen molar-refractivity contribution in [1.82, 2.24) is 29.6 Å². The second-order valence-electron chi connectivity index (χ2n) is 11.6. The third-order valence-electron chi connectivity index (χ3n) is 7.40. The summed E-state index contributed by atoms with van der Waals surface area (Å²) >= 11 is 0. The molecule has 208 valence electrons. The monoisotopic (exact) mass is 533 g/mol. The Bertz CT molecular complexity index is 1250. The zero-order valence-corrected chi connectivity index (χ0v) is 23.4. The largest absolute Gasteiger partial charge is 0.495 e. The highest BCUT2D eigenvalue weighted by Gasteiger charge is 2.34. The molecule has 4 heterocycles. The summed E-state index contributed by atoms with van der Waals surface area (Å²) < 4.78 is 13.1. The van der Waals surface area contributed by atoms with Crippen LogP contribution in [0.15, 0.2) is 43.1 Å². The number of ether oxygens (including phenoxy) is 2. The number of anilines is 1. The first-order valence-electron chi connectivity index (χ1n) is 13.9. The summed E-state index contributed by atoms with van der Waals surface area (Å²) in [5.41, 5.74) is 2.06. The zero-order chi connectivity index (χ0) is 27.4. The number of imidazole rings is 1. The second-order valence-corrected chi connectivity index (χ2v) is 11.6. The highest BCUT2D eigenvalue weighted by molar-refractivity contribution is 5.69. The van der Waals surface area contributed by atoms with E-state index in [1.54, 1.807) is 25.8 Å². The Hall–Kier alpha value is -3.69. The fourth-order valence-electron chi connectivity index (χ4n) is 5.12. The molecule has 3 aromatic heterocycles. The first kappa shape index (κ1) is 26.9. The van der Waals surface area contributed by atoms with Gasteiger partial charge in [0.25, 0.3) is 0 Å². The van der Waals surface area contributed by atoms with E-state index in [1.807, 2.05) is 54.6 Å². The summed E-state index contributed by atoms with van der Waals surface area (Å²) in [4.78, 5) is 26.1. The topological polar surface area (TPSA) is 98.5 Å². The molecule has 0 radical (unpaired) electrons. The number of methoxy groups -OCH3 is 1. The van der Waals surface area contributed by atoms with Crippen molar-refractivity contribution in [3.63, 3.8) is 0 Å². The number of piperidine rings is 1. The Labute approximate surface area is 230 Å². The minimum Gasteiger partial charge on any atom is -0.495 e. The predicted octanol–water partition coefficient (Wildman–Crippen LogP) is 4.80. The maximum Gasteiger partial charge on any atom is 0.410 e. The van der Waals surface area contributed by atoms with Crippen molar-refractivity contribution in [2.75, 3.05) is 31.6 Å². The van der Waals surface area contributed by atoms with E-state index >= 15 is 0 Å². The average molecular weight is 534 g/mol. The normalized spacial score (nSPS) is 17.9. The highest BCUT2D eigenvalue weighted by atomic mass is 16.6. The van der Waals surface area contributed by atoms with E-state index in [9.17, 15) is 4.79 Å². The van der Waals surface area contributed by atoms with E-state index in [2.05, 4.69) is 25.1 Å². The molecular weight excluding hydrogens is 494 g/mol. The fraction of sp³-hybridized carbons (Fsp3) is 0.552. The minimum atomic E-state index is -0.508. The smallest absolute Gasteiger partial charge is 0.410 e. The lowest BCUT2D eigenvalue weighted by atomic mass is 9.84. The lowest BCUT2D eigenvalue weighted by molar-refractivity contribution is 0.00733. The van der Waals surface area contributed by atoms with Gasteiger partial charge in [-0.05, 0) is 70.6 Å². The van der Waals surface area contributed by atoms with Gasteiger partial charge in [0.05, 0.1) is 43.6 Å². The first-order chi connectivity index (χ1) is 18.8. The van der Waals surface area contributed by atoms with Crippen LogP contribution in [0.25, 0.3) is 11.3 Å². The van der Waals surface area contributed by atoms with Crippen molar-refractivity contribution < 1.29 is 14.3 Å². The van der Waals surface area contributed by atoms with Gasteiger partial charge < -0.3 is 23.8 Å². The van der Waals surface area contributed by atoms with Crippen molar-refractivity contribution in [3.05, 3.63) is 48.8 Å². The molecule has 0 aromatic carbocycles. The first-order valence-corrected chi connectivity index (χ1v) is 13.9. The number of nitrogens with zero attached hydrogens (tertiary/aromatic N) is 7. The van der Waals surface area contributed by atoms with Gasteiger partial charge >= 0.3 is 6.09 Å². The molecule has 3 aromatic rings. The van der Waals surface area contributed by atoms with E-state index in [0.29, 0.717) is 18.2 Å². The summed E-state index contributed by atoms with van der Waals surface area (Å²) in [5, 5.41) is 9.06. The number of carbonyl (C=O) groups is 1. The number of rotatable bonds is 8. The van der Waals surface area contributed by atoms with Crippen LogP contribution >= 0.6 is 0 Å². The third kappa shape index (κ3) is 6.85. The maximum absolute atomic E-state index is 13.2. The molecule has 0 spiro atoms. The lowest BCUT2D eigenvalue weighted by Gasteiger charge is -2.42. The van der Waals surface area contributed by atoms with E-state index in [4.69, 9.17) is 9.47 Å². The quantitative estimate of drug-likeness (QED) is 0.407. The third-order valence-corrected chi connectivity index (χ3v) is 7.40. The molecule has 1 atom stereocenters. The van der Waals surface area contributed by atoms with Gasteiger partial charge in [0, 0.05) is 37.6 Å². The molecule has 10 heteroatoms. The summed E-state index contributed by atoms with van der Waals surface area (Å²) in [6.45, 7) is 8.76. The summed E-state index contributed by atoms with van der Waals surface area (Å²) in [6, 6.07) is 6.05. The Kier molecular flexibility index (Phi) is 7.99. The van der Waals surface area contributed by atoms with Crippen LogP contribution < -0.4 is 9.64 Å². The zero-order valence-electron chi connectivity index (χ0n) is 23.4. The average Bonchev–Trinajstić information content (AvgIpc) is 3.36. The number of aromatic nitrogens is 5. The molecule has 0 unspecified atom stereocenters. The number of amides is 1. The summed E-state index contributed by atoms with van der Waals surface area (Å²) in [5.74, 6) is 2.11. The SMILES string of the molecule is COc1cncc(-c2cn(Cc3ccc(N4CCC[C@@H](N(CC5CCC5)C(=O)OC(C)(C)C)C4)nn3)cn2)c1. The molecule has 10 nitrogen and oxygen atoms in total. The van der Waals surface area contributed by atoms with Crippen LogP contribution in [0.3, 0.4) is 0 Å². The predicted molar refractivity (Wildman–Crippen MR) is 149 cm³/mol. The van der Waals surface area contributed by atoms with Crippen molar-refractivity contribution >= 4 is 11.9 Å². The van der Waals surface area contributed by atoms with Gasteiger partial charge in [-0.1, -0.05) is 6.42 Å². The highest BCUT2D eigenvalue weighted by Crippen LogP contribution is 2.30. The van der Waals surface area contributed by atoms with E-state index < -0.39 is 5.60 Å². The number of hydrogen-bond acceptors (Lipinski definition) is 8. The fourth-order valence-corrected chi connectivity index (χ4v) is 5.12. The molecule has 1 amide bonds. The molecular formula is C29H39N7O3. The number of hydrogen-bond donors (Lipinski definition) is 0. The van der Waals surface area contributed by atoms with Crippen molar-refractivity contribution in [1.29, 1.82) is 0 Å². The Morgan fingerprint density at radius 2 is 1.97 bits per heavy atom. The van der Waals surface area contributed by atoms with Crippen molar-refractivity contribution in [2.45, 2.75) is 71.1 Å². The molecule has 39 heavy (non-hydrogen) atoms. The Balaban J connectivity index is 1.23. The van der Waals surface area contributed by atoms with Gasteiger partial charge in [0.2, 0.25) is 0 Å². The summed E-state index contributed by atoms with van der Waals surface area (Å²) in [7, 11) is 1.62. The molecule has 1 saturated heterocycles. The number of pyridine rings is 1. The van der Waals surface area contributed by atoms with Gasteiger partial charge in [0.15, 0.2) is 5.82 Å². The van der Waals surface area contributed by atoms with Crippen LogP contribution in [0.1, 0.15) is 58.6 Å². The molecule has 0 bridgehead atoms. The second kappa shape index (κ2) is 11.6. The van der Waals surface area contributed by atoms with Crippen LogP contribution in [-0.4, -0.2) is 74.1 Å². The lowest BCUT2D eigenvalue weighted by Crippen LogP contribution is -2.53. The summed E-state index contributed by atoms with van der Waals surface area (Å²) in [6.07, 6.45) is 12.6. The molecule has 1 aliphatic carbocycles. The Morgan fingerprint density at radius 1 is 1.13 bits per heavy atom. The standard InChI is InChI=1S/C29H39N7O3/c1-29(2,3)39-28(37)36(16-21-7-5-8-21)24-9-6-12-35(18-24)27-11-10-23(32-33-27)17-34-19-26(31-20-34)22-13-25(38-4)15-30-14-22/h10-11,13-15,19-21,24H,5-9,12,16-18H2,1-4H3/t24-/m1/s1. The van der Waals surface area contributed by atoms with Gasteiger partial charge in [-0.15, -0.1) is 5.10 Å². The van der Waals surface area contributed by atoms with E-state index in [1.165, 1.54) is 19.3 Å². The molecule has 1 saturated carbocycles. The van der Waals surface area contributed by atoms with Crippen LogP contribution in [0.5, 0.6) is 5.75 Å². The van der Waals surface area contributed by atoms with E-state index in [-0.39, 0.29) is 12.1 Å². The van der Waals surface area contributed by atoms with Crippen LogP contribution in [-0.2, 0) is 11.3 Å². The van der Waals surface area contributed by atoms with Gasteiger partial charge in [-0.3, -0.25) is 4.98 Å².